The van der Waals surface area contributed by atoms with E-state index in [2.05, 4.69) is 48.5 Å². The zero-order valence-corrected chi connectivity index (χ0v) is 24.6. The maximum Gasteiger partial charge on any atom is 0.490 e. The van der Waals surface area contributed by atoms with E-state index in [1.807, 2.05) is 0 Å². The fourth-order valence-corrected chi connectivity index (χ4v) is 12.4. The highest BCUT2D eigenvalue weighted by atomic mass is 19.4. The quantitative estimate of drug-likeness (QED) is 0.315. The average Bonchev–Trinajstić information content (AvgIpc) is 3.14. The van der Waals surface area contributed by atoms with Crippen molar-refractivity contribution in [2.45, 2.75) is 131 Å². The normalized spacial score (nSPS) is 52.7. The lowest BCUT2D eigenvalue weighted by atomic mass is 9.31. The van der Waals surface area contributed by atoms with Gasteiger partial charge in [0.25, 0.3) is 0 Å². The summed E-state index contributed by atoms with van der Waals surface area (Å²) in [5.41, 5.74) is 0.625. The first-order valence-electron chi connectivity index (χ1n) is 15.3. The lowest BCUT2D eigenvalue weighted by Gasteiger charge is -2.73. The van der Waals surface area contributed by atoms with Crippen molar-refractivity contribution in [3.05, 3.63) is 0 Å². The van der Waals surface area contributed by atoms with Crippen molar-refractivity contribution in [2.24, 2.45) is 56.2 Å². The maximum atomic E-state index is 13.1. The number of carbonyl (C=O) groups is 1. The number of carbonyl (C=O) groups excluding carboxylic acids is 1. The Balaban J connectivity index is 1.31. The Labute approximate surface area is 227 Å². The number of esters is 1. The van der Waals surface area contributed by atoms with Gasteiger partial charge in [0.05, 0.1) is 12.7 Å². The number of hydrogen-bond donors (Lipinski definition) is 0. The van der Waals surface area contributed by atoms with Gasteiger partial charge in [-0.3, -0.25) is 0 Å². The minimum atomic E-state index is -4.94. The Morgan fingerprint density at radius 1 is 0.789 bits per heavy atom. The summed E-state index contributed by atoms with van der Waals surface area (Å²) < 4.78 is 51.1. The third kappa shape index (κ3) is 3.33. The SMILES string of the molecule is CC1(C)CC[C@@]23CC[C@]4(C)[C@H](CC[C@@H]5[C@@]6(C)CC[C@H](OC(=O)C(F)(F)F)C(C)(C)[C@@H]6CC[C@]54C)[C@H]2[C@H]1OC3. The highest BCUT2D eigenvalue weighted by Gasteiger charge is 2.73. The number of fused-ring (bicyclic) bond motifs is 5. The summed E-state index contributed by atoms with van der Waals surface area (Å²) in [7, 11) is 0. The highest BCUT2D eigenvalue weighted by molar-refractivity contribution is 5.75. The first kappa shape index (κ1) is 27.4. The smallest absolute Gasteiger partial charge is 0.455 e. The fraction of sp³-hybridized carbons (Fsp3) is 0.969. The predicted octanol–water partition coefficient (Wildman–Crippen LogP) is 8.35. The number of halogens is 3. The molecule has 0 spiro atoms. The van der Waals surface area contributed by atoms with Crippen molar-refractivity contribution in [3.8, 4) is 0 Å². The molecule has 216 valence electrons. The second kappa shape index (κ2) is 7.94. The standard InChI is InChI=1S/C32H49F3O3/c1-26(2)14-16-31-17-15-29(6)19(23(31)24(26)37-18-31)8-9-21-28(5)12-11-22(38-25(36)32(33,34)35)27(3,4)20(28)10-13-30(21,29)7/h19-24H,8-18H2,1-7H3/t19-,20+,21-,22+,23+,24-,28+,29-,30-,31+/m1/s1. The molecule has 1 heterocycles. The van der Waals surface area contributed by atoms with Crippen LogP contribution in [0.3, 0.4) is 0 Å². The van der Waals surface area contributed by atoms with Crippen molar-refractivity contribution in [1.82, 2.24) is 0 Å². The van der Waals surface area contributed by atoms with Crippen molar-refractivity contribution in [3.63, 3.8) is 0 Å². The molecule has 38 heavy (non-hydrogen) atoms. The minimum absolute atomic E-state index is 0.0437. The largest absolute Gasteiger partial charge is 0.490 e. The van der Waals surface area contributed by atoms with Gasteiger partial charge in [-0.05, 0) is 115 Å². The van der Waals surface area contributed by atoms with E-state index in [1.165, 1.54) is 38.5 Å². The summed E-state index contributed by atoms with van der Waals surface area (Å²) in [5, 5.41) is 0. The molecule has 0 N–H and O–H groups in total. The van der Waals surface area contributed by atoms with Crippen LogP contribution in [0.2, 0.25) is 0 Å². The Hall–Kier alpha value is -0.780. The van der Waals surface area contributed by atoms with E-state index in [-0.39, 0.29) is 27.6 Å². The lowest BCUT2D eigenvalue weighted by molar-refractivity contribution is -0.259. The third-order valence-corrected chi connectivity index (χ3v) is 14.6. The molecule has 2 bridgehead atoms. The number of hydrogen-bond acceptors (Lipinski definition) is 3. The van der Waals surface area contributed by atoms with Crippen LogP contribution in [0.4, 0.5) is 13.2 Å². The van der Waals surface area contributed by atoms with Gasteiger partial charge in [0.15, 0.2) is 0 Å². The van der Waals surface area contributed by atoms with E-state index < -0.39 is 23.7 Å². The molecule has 0 amide bonds. The minimum Gasteiger partial charge on any atom is -0.455 e. The molecule has 3 nitrogen and oxygen atoms in total. The van der Waals surface area contributed by atoms with E-state index in [0.29, 0.717) is 35.7 Å². The van der Waals surface area contributed by atoms with Gasteiger partial charge < -0.3 is 9.47 Å². The first-order valence-corrected chi connectivity index (χ1v) is 15.3. The Morgan fingerprint density at radius 3 is 2.16 bits per heavy atom. The zero-order chi connectivity index (χ0) is 27.7. The van der Waals surface area contributed by atoms with Crippen molar-refractivity contribution in [2.75, 3.05) is 6.61 Å². The molecule has 0 radical (unpaired) electrons. The van der Waals surface area contributed by atoms with E-state index in [9.17, 15) is 18.0 Å². The highest BCUT2D eigenvalue weighted by Crippen LogP contribution is 2.78. The van der Waals surface area contributed by atoms with Gasteiger partial charge in [0.2, 0.25) is 0 Å². The van der Waals surface area contributed by atoms with Gasteiger partial charge in [0.1, 0.15) is 6.10 Å². The monoisotopic (exact) mass is 538 g/mol. The van der Waals surface area contributed by atoms with Crippen LogP contribution in [0.15, 0.2) is 0 Å². The van der Waals surface area contributed by atoms with Gasteiger partial charge in [-0.15, -0.1) is 0 Å². The predicted molar refractivity (Wildman–Crippen MR) is 140 cm³/mol. The Bertz CT molecular complexity index is 1000. The fourth-order valence-electron chi connectivity index (χ4n) is 12.4. The topological polar surface area (TPSA) is 35.5 Å². The third-order valence-electron chi connectivity index (χ3n) is 14.6. The van der Waals surface area contributed by atoms with Crippen LogP contribution in [0.25, 0.3) is 0 Å². The molecule has 6 heteroatoms. The van der Waals surface area contributed by atoms with Crippen molar-refractivity contribution >= 4 is 5.97 Å². The molecule has 0 aromatic carbocycles. The lowest BCUT2D eigenvalue weighted by Crippen LogP contribution is -2.68. The van der Waals surface area contributed by atoms with E-state index in [0.717, 1.165) is 25.9 Å². The molecule has 6 rings (SSSR count). The zero-order valence-electron chi connectivity index (χ0n) is 24.6. The molecule has 6 aliphatic rings. The average molecular weight is 539 g/mol. The molecule has 5 saturated carbocycles. The Kier molecular flexibility index (Phi) is 5.72. The van der Waals surface area contributed by atoms with Crippen LogP contribution in [0.5, 0.6) is 0 Å². The van der Waals surface area contributed by atoms with Crippen LogP contribution in [-0.2, 0) is 14.3 Å². The van der Waals surface area contributed by atoms with Gasteiger partial charge in [-0.2, -0.15) is 13.2 Å². The second-order valence-electron chi connectivity index (χ2n) is 16.5. The molecule has 6 fully saturated rings. The maximum absolute atomic E-state index is 13.1. The van der Waals surface area contributed by atoms with Gasteiger partial charge >= 0.3 is 12.1 Å². The van der Waals surface area contributed by atoms with E-state index in [1.54, 1.807) is 0 Å². The molecule has 1 aliphatic heterocycles. The van der Waals surface area contributed by atoms with Crippen LogP contribution in [0.1, 0.15) is 113 Å². The number of rotatable bonds is 1. The molecule has 0 unspecified atom stereocenters. The van der Waals surface area contributed by atoms with Crippen LogP contribution < -0.4 is 0 Å². The molecular weight excluding hydrogens is 489 g/mol. The summed E-state index contributed by atoms with van der Waals surface area (Å²) in [6.45, 7) is 17.5. The van der Waals surface area contributed by atoms with Crippen LogP contribution in [0, 0.1) is 56.2 Å². The van der Waals surface area contributed by atoms with Gasteiger partial charge in [0, 0.05) is 5.41 Å². The van der Waals surface area contributed by atoms with Gasteiger partial charge in [-0.1, -0.05) is 48.5 Å². The molecule has 0 aromatic rings. The summed E-state index contributed by atoms with van der Waals surface area (Å²) in [6, 6.07) is 0. The summed E-state index contributed by atoms with van der Waals surface area (Å²) >= 11 is 0. The number of ether oxygens (including phenoxy) is 2. The van der Waals surface area contributed by atoms with Crippen molar-refractivity contribution in [1.29, 1.82) is 0 Å². The van der Waals surface area contributed by atoms with E-state index in [4.69, 9.17) is 9.47 Å². The van der Waals surface area contributed by atoms with Crippen LogP contribution in [-0.4, -0.2) is 31.0 Å². The second-order valence-corrected chi connectivity index (χ2v) is 16.5. The molecule has 1 saturated heterocycles. The van der Waals surface area contributed by atoms with Gasteiger partial charge in [-0.25, -0.2) is 4.79 Å². The van der Waals surface area contributed by atoms with E-state index >= 15 is 0 Å². The Morgan fingerprint density at radius 2 is 1.47 bits per heavy atom. The van der Waals surface area contributed by atoms with Crippen LogP contribution >= 0.6 is 0 Å². The molecule has 0 aromatic heterocycles. The first-order chi connectivity index (χ1) is 17.4. The molecule has 10 atom stereocenters. The van der Waals surface area contributed by atoms with Crippen molar-refractivity contribution < 1.29 is 27.4 Å². The summed E-state index contributed by atoms with van der Waals surface area (Å²) in [5.74, 6) is 0.0918. The number of alkyl halides is 3. The molecule has 5 aliphatic carbocycles. The summed E-state index contributed by atoms with van der Waals surface area (Å²) in [4.78, 5) is 11.8. The summed E-state index contributed by atoms with van der Waals surface area (Å²) in [6.07, 6.45) is 5.78. The molecular formula is C32H49F3O3.